The molecule has 0 aromatic heterocycles. The lowest BCUT2D eigenvalue weighted by Crippen LogP contribution is -2.54. The molecule has 0 saturated heterocycles. The molecule has 2 amide bonds. The summed E-state index contributed by atoms with van der Waals surface area (Å²) in [4.78, 5) is 28.4. The van der Waals surface area contributed by atoms with Crippen LogP contribution in [0, 0.1) is 5.92 Å². The van der Waals surface area contributed by atoms with E-state index in [9.17, 15) is 9.59 Å². The lowest BCUT2D eigenvalue weighted by Gasteiger charge is -2.29. The average molecular weight is 559 g/mol. The SMILES string of the molecule is CN=C(NCc1cccc(NC(=O)C2CCC2)c1)NCC(C)(C)NC(=O)OC(C)(C)C.I. The maximum Gasteiger partial charge on any atom is 0.408 e. The van der Waals surface area contributed by atoms with Crippen LogP contribution in [0.3, 0.4) is 0 Å². The number of carbonyl (C=O) groups is 2. The second-order valence-corrected chi connectivity index (χ2v) is 9.61. The number of guanidine groups is 1. The van der Waals surface area contributed by atoms with Crippen LogP contribution in [-0.4, -0.2) is 42.7 Å². The van der Waals surface area contributed by atoms with Gasteiger partial charge in [0.25, 0.3) is 0 Å². The van der Waals surface area contributed by atoms with Crippen LogP contribution in [-0.2, 0) is 16.1 Å². The summed E-state index contributed by atoms with van der Waals surface area (Å²) in [5.74, 6) is 0.874. The minimum Gasteiger partial charge on any atom is -0.444 e. The van der Waals surface area contributed by atoms with Crippen LogP contribution in [0.2, 0.25) is 0 Å². The lowest BCUT2D eigenvalue weighted by molar-refractivity contribution is -0.122. The molecule has 0 spiro atoms. The molecule has 2 rings (SSSR count). The van der Waals surface area contributed by atoms with Crippen molar-refractivity contribution in [1.82, 2.24) is 16.0 Å². The number of nitrogens with one attached hydrogen (secondary N) is 4. The van der Waals surface area contributed by atoms with Crippen molar-refractivity contribution in [2.45, 2.75) is 71.6 Å². The van der Waals surface area contributed by atoms with E-state index in [0.717, 1.165) is 30.5 Å². The number of nitrogens with zero attached hydrogens (tertiary/aromatic N) is 1. The smallest absolute Gasteiger partial charge is 0.408 e. The number of carbonyl (C=O) groups excluding carboxylic acids is 2. The summed E-state index contributed by atoms with van der Waals surface area (Å²) in [5, 5.41) is 12.3. The zero-order chi connectivity index (χ0) is 23.1. The van der Waals surface area contributed by atoms with Gasteiger partial charge in [0.1, 0.15) is 5.60 Å². The Morgan fingerprint density at radius 3 is 2.38 bits per heavy atom. The molecule has 180 valence electrons. The van der Waals surface area contributed by atoms with Crippen molar-refractivity contribution in [2.75, 3.05) is 18.9 Å². The van der Waals surface area contributed by atoms with Crippen LogP contribution in [0.15, 0.2) is 29.3 Å². The fourth-order valence-electron chi connectivity index (χ4n) is 3.01. The maximum atomic E-state index is 12.2. The molecular formula is C23H38IN5O3. The normalized spacial score (nSPS) is 14.5. The van der Waals surface area contributed by atoms with E-state index < -0.39 is 17.2 Å². The third-order valence-corrected chi connectivity index (χ3v) is 4.89. The van der Waals surface area contributed by atoms with Gasteiger partial charge in [-0.1, -0.05) is 18.6 Å². The van der Waals surface area contributed by atoms with Crippen molar-refractivity contribution in [3.05, 3.63) is 29.8 Å². The number of ether oxygens (including phenoxy) is 1. The Balaban J connectivity index is 0.00000512. The zero-order valence-corrected chi connectivity index (χ0v) is 22.3. The van der Waals surface area contributed by atoms with Crippen molar-refractivity contribution in [3.63, 3.8) is 0 Å². The predicted molar refractivity (Wildman–Crippen MR) is 139 cm³/mol. The Morgan fingerprint density at radius 2 is 1.81 bits per heavy atom. The molecule has 1 aliphatic carbocycles. The zero-order valence-electron chi connectivity index (χ0n) is 20.0. The maximum absolute atomic E-state index is 12.2. The van der Waals surface area contributed by atoms with Gasteiger partial charge in [-0.2, -0.15) is 0 Å². The number of hydrogen-bond acceptors (Lipinski definition) is 4. The van der Waals surface area contributed by atoms with Crippen LogP contribution in [0.1, 0.15) is 59.4 Å². The summed E-state index contributed by atoms with van der Waals surface area (Å²) < 4.78 is 5.32. The topological polar surface area (TPSA) is 104 Å². The molecule has 1 saturated carbocycles. The summed E-state index contributed by atoms with van der Waals surface area (Å²) in [6.07, 6.45) is 2.64. The van der Waals surface area contributed by atoms with Crippen LogP contribution in [0.5, 0.6) is 0 Å². The highest BCUT2D eigenvalue weighted by Crippen LogP contribution is 2.27. The van der Waals surface area contributed by atoms with Gasteiger partial charge < -0.3 is 26.0 Å². The van der Waals surface area contributed by atoms with E-state index in [0.29, 0.717) is 19.0 Å². The number of alkyl carbamates (subject to hydrolysis) is 1. The standard InChI is InChI=1S/C23H37N5O3.HI/c1-22(2,3)31-21(30)28-23(4,5)15-26-20(24-6)25-14-16-9-7-12-18(13-16)27-19(29)17-10-8-11-17;/h7,9,12-13,17H,8,10-11,14-15H2,1-6H3,(H,27,29)(H,28,30)(H2,24,25,26);1H. The van der Waals surface area contributed by atoms with E-state index >= 15 is 0 Å². The molecule has 1 aliphatic rings. The van der Waals surface area contributed by atoms with Gasteiger partial charge in [0.05, 0.1) is 5.54 Å². The third-order valence-electron chi connectivity index (χ3n) is 4.89. The van der Waals surface area contributed by atoms with Gasteiger partial charge in [-0.25, -0.2) is 4.79 Å². The highest BCUT2D eigenvalue weighted by molar-refractivity contribution is 14.0. The number of hydrogen-bond donors (Lipinski definition) is 4. The van der Waals surface area contributed by atoms with Crippen molar-refractivity contribution in [2.24, 2.45) is 10.9 Å². The van der Waals surface area contributed by atoms with Gasteiger partial charge in [-0.3, -0.25) is 9.79 Å². The first-order valence-electron chi connectivity index (χ1n) is 10.8. The lowest BCUT2D eigenvalue weighted by atomic mass is 9.85. The van der Waals surface area contributed by atoms with E-state index in [1.807, 2.05) is 58.9 Å². The third kappa shape index (κ3) is 10.1. The van der Waals surface area contributed by atoms with Crippen molar-refractivity contribution in [1.29, 1.82) is 0 Å². The average Bonchev–Trinajstić information content (AvgIpc) is 2.58. The number of halogens is 1. The molecule has 0 heterocycles. The number of anilines is 1. The Morgan fingerprint density at radius 1 is 1.12 bits per heavy atom. The number of benzene rings is 1. The molecule has 0 atom stereocenters. The van der Waals surface area contributed by atoms with E-state index in [4.69, 9.17) is 4.74 Å². The molecule has 1 fully saturated rings. The number of amides is 2. The van der Waals surface area contributed by atoms with Gasteiger partial charge >= 0.3 is 6.09 Å². The van der Waals surface area contributed by atoms with Gasteiger partial charge in [0.2, 0.25) is 5.91 Å². The van der Waals surface area contributed by atoms with Gasteiger partial charge in [-0.05, 0) is 65.2 Å². The quantitative estimate of drug-likeness (QED) is 0.230. The fourth-order valence-corrected chi connectivity index (χ4v) is 3.01. The largest absolute Gasteiger partial charge is 0.444 e. The van der Waals surface area contributed by atoms with E-state index in [2.05, 4.69) is 26.3 Å². The minimum atomic E-state index is -0.545. The number of aliphatic imine (C=N–C) groups is 1. The molecule has 9 heteroatoms. The Hall–Kier alpha value is -2.04. The fraction of sp³-hybridized carbons (Fsp3) is 0.609. The molecule has 32 heavy (non-hydrogen) atoms. The van der Waals surface area contributed by atoms with Crippen molar-refractivity contribution < 1.29 is 14.3 Å². The first-order chi connectivity index (χ1) is 14.5. The van der Waals surface area contributed by atoms with Crippen LogP contribution >= 0.6 is 24.0 Å². The van der Waals surface area contributed by atoms with Gasteiger partial charge in [0, 0.05) is 31.7 Å². The second kappa shape index (κ2) is 12.3. The summed E-state index contributed by atoms with van der Waals surface area (Å²) in [6, 6.07) is 7.79. The van der Waals surface area contributed by atoms with E-state index in [1.54, 1.807) is 7.05 Å². The molecule has 0 aliphatic heterocycles. The molecule has 4 N–H and O–H groups in total. The summed E-state index contributed by atoms with van der Waals surface area (Å²) in [7, 11) is 1.69. The molecule has 8 nitrogen and oxygen atoms in total. The first kappa shape index (κ1) is 28.0. The van der Waals surface area contributed by atoms with E-state index in [1.165, 1.54) is 0 Å². The monoisotopic (exact) mass is 559 g/mol. The molecule has 1 aromatic carbocycles. The molecule has 0 unspecified atom stereocenters. The Bertz CT molecular complexity index is 801. The Labute approximate surface area is 208 Å². The van der Waals surface area contributed by atoms with Crippen molar-refractivity contribution >= 4 is 47.6 Å². The first-order valence-corrected chi connectivity index (χ1v) is 10.8. The number of rotatable bonds is 7. The van der Waals surface area contributed by atoms with Crippen LogP contribution < -0.4 is 21.3 Å². The summed E-state index contributed by atoms with van der Waals surface area (Å²) in [6.45, 7) is 10.3. The highest BCUT2D eigenvalue weighted by atomic mass is 127. The Kier molecular flexibility index (Phi) is 10.7. The minimum absolute atomic E-state index is 0. The molecule has 0 radical (unpaired) electrons. The van der Waals surface area contributed by atoms with Gasteiger partial charge in [0.15, 0.2) is 5.96 Å². The highest BCUT2D eigenvalue weighted by Gasteiger charge is 2.26. The molecular weight excluding hydrogens is 521 g/mol. The van der Waals surface area contributed by atoms with Crippen LogP contribution in [0.25, 0.3) is 0 Å². The second-order valence-electron chi connectivity index (χ2n) is 9.61. The van der Waals surface area contributed by atoms with Gasteiger partial charge in [-0.15, -0.1) is 24.0 Å². The predicted octanol–water partition coefficient (Wildman–Crippen LogP) is 4.01. The molecule has 1 aromatic rings. The van der Waals surface area contributed by atoms with Crippen LogP contribution in [0.4, 0.5) is 10.5 Å². The molecule has 0 bridgehead atoms. The van der Waals surface area contributed by atoms with Crippen molar-refractivity contribution in [3.8, 4) is 0 Å². The summed E-state index contributed by atoms with van der Waals surface area (Å²) >= 11 is 0. The summed E-state index contributed by atoms with van der Waals surface area (Å²) in [5.41, 5.74) is 0.755. The van der Waals surface area contributed by atoms with E-state index in [-0.39, 0.29) is 35.8 Å².